The van der Waals surface area contributed by atoms with E-state index < -0.39 is 10.0 Å². The lowest BCUT2D eigenvalue weighted by Gasteiger charge is -2.20. The number of hydrogen-bond donors (Lipinski definition) is 2. The van der Waals surface area contributed by atoms with Crippen molar-refractivity contribution in [1.82, 2.24) is 0 Å². The topological polar surface area (TPSA) is 137 Å². The molecular weight excluding hydrogens is 254 g/mol. The van der Waals surface area contributed by atoms with Gasteiger partial charge in [0.05, 0.1) is 28.4 Å². The predicted molar refractivity (Wildman–Crippen MR) is 65.7 cm³/mol. The van der Waals surface area contributed by atoms with Crippen LogP contribution >= 0.6 is 0 Å². The van der Waals surface area contributed by atoms with Crippen LogP contribution < -0.4 is 15.8 Å². The minimum absolute atomic E-state index is 0.0213. The minimum atomic E-state index is -3.82. The van der Waals surface area contributed by atoms with E-state index in [4.69, 9.17) is 21.4 Å². The van der Waals surface area contributed by atoms with Crippen molar-refractivity contribution in [3.05, 3.63) is 18.2 Å². The number of nitriles is 2. The highest BCUT2D eigenvalue weighted by Gasteiger charge is 2.13. The Kier molecular flexibility index (Phi) is 4.10. The first-order valence-corrected chi connectivity index (χ1v) is 6.36. The summed E-state index contributed by atoms with van der Waals surface area (Å²) in [6, 6.07) is 7.70. The second-order valence-electron chi connectivity index (χ2n) is 3.44. The van der Waals surface area contributed by atoms with Crippen LogP contribution in [0.25, 0.3) is 0 Å². The number of anilines is 2. The van der Waals surface area contributed by atoms with Crippen molar-refractivity contribution in [3.8, 4) is 12.1 Å². The Hall–Kier alpha value is -2.29. The van der Waals surface area contributed by atoms with Crippen LogP contribution in [-0.2, 0) is 10.0 Å². The van der Waals surface area contributed by atoms with Gasteiger partial charge in [0.1, 0.15) is 13.1 Å². The van der Waals surface area contributed by atoms with E-state index in [2.05, 4.69) is 0 Å². The van der Waals surface area contributed by atoms with Crippen LogP contribution in [0, 0.1) is 22.7 Å². The van der Waals surface area contributed by atoms with E-state index in [-0.39, 0.29) is 23.7 Å². The van der Waals surface area contributed by atoms with Crippen molar-refractivity contribution in [1.29, 1.82) is 10.5 Å². The summed E-state index contributed by atoms with van der Waals surface area (Å²) in [5.74, 6) is 0. The highest BCUT2D eigenvalue weighted by Crippen LogP contribution is 2.25. The summed E-state index contributed by atoms with van der Waals surface area (Å²) in [5, 5.41) is 22.3. The van der Waals surface area contributed by atoms with E-state index in [9.17, 15) is 8.42 Å². The zero-order valence-corrected chi connectivity index (χ0v) is 10.2. The molecule has 0 aromatic heterocycles. The smallest absolute Gasteiger partial charge is 0.238 e. The van der Waals surface area contributed by atoms with Gasteiger partial charge in [0.15, 0.2) is 0 Å². The third-order valence-corrected chi connectivity index (χ3v) is 3.10. The molecular formula is C10H11N5O2S. The van der Waals surface area contributed by atoms with E-state index in [1.54, 1.807) is 0 Å². The van der Waals surface area contributed by atoms with Crippen molar-refractivity contribution >= 4 is 21.4 Å². The second-order valence-corrected chi connectivity index (χ2v) is 5.00. The number of sulfonamides is 1. The average Bonchev–Trinajstić information content (AvgIpc) is 2.27. The lowest BCUT2D eigenvalue weighted by molar-refractivity contribution is 0.598. The third kappa shape index (κ3) is 3.10. The minimum Gasteiger partial charge on any atom is -0.397 e. The average molecular weight is 265 g/mol. The maximum Gasteiger partial charge on any atom is 0.238 e. The van der Waals surface area contributed by atoms with E-state index >= 15 is 0 Å². The van der Waals surface area contributed by atoms with E-state index in [1.165, 1.54) is 23.1 Å². The fourth-order valence-electron chi connectivity index (χ4n) is 1.39. The molecule has 0 saturated heterocycles. The molecule has 0 amide bonds. The number of nitrogen functional groups attached to an aromatic ring is 1. The predicted octanol–water partition coefficient (Wildman–Crippen LogP) is -0.230. The second kappa shape index (κ2) is 5.36. The molecule has 0 atom stereocenters. The van der Waals surface area contributed by atoms with E-state index in [0.29, 0.717) is 5.69 Å². The first kappa shape index (κ1) is 13.8. The molecule has 0 heterocycles. The molecule has 7 nitrogen and oxygen atoms in total. The molecule has 8 heteroatoms. The Morgan fingerprint density at radius 2 is 1.78 bits per heavy atom. The summed E-state index contributed by atoms with van der Waals surface area (Å²) >= 11 is 0. The van der Waals surface area contributed by atoms with Gasteiger partial charge in [-0.05, 0) is 18.2 Å². The summed E-state index contributed by atoms with van der Waals surface area (Å²) in [5.41, 5.74) is 6.27. The molecule has 0 aliphatic heterocycles. The van der Waals surface area contributed by atoms with Crippen molar-refractivity contribution in [3.63, 3.8) is 0 Å². The number of rotatable bonds is 4. The SMILES string of the molecule is N#CCN(CC#N)c1ccc(S(N)(=O)=O)cc1N. The van der Waals surface area contributed by atoms with E-state index in [0.717, 1.165) is 0 Å². The van der Waals surface area contributed by atoms with Gasteiger partial charge >= 0.3 is 0 Å². The van der Waals surface area contributed by atoms with Gasteiger partial charge in [-0.3, -0.25) is 0 Å². The molecule has 0 aliphatic rings. The lowest BCUT2D eigenvalue weighted by Crippen LogP contribution is -2.25. The van der Waals surface area contributed by atoms with Gasteiger partial charge in [0, 0.05) is 0 Å². The fourth-order valence-corrected chi connectivity index (χ4v) is 1.94. The molecule has 0 fully saturated rings. The molecule has 0 spiro atoms. The molecule has 1 aromatic carbocycles. The van der Waals surface area contributed by atoms with Gasteiger partial charge in [-0.1, -0.05) is 0 Å². The van der Waals surface area contributed by atoms with Gasteiger partial charge in [0.25, 0.3) is 0 Å². The maximum absolute atomic E-state index is 11.1. The number of benzene rings is 1. The summed E-state index contributed by atoms with van der Waals surface area (Å²) in [6.07, 6.45) is 0. The first-order chi connectivity index (χ1) is 8.40. The zero-order valence-electron chi connectivity index (χ0n) is 9.37. The molecule has 18 heavy (non-hydrogen) atoms. The van der Waals surface area contributed by atoms with E-state index in [1.807, 2.05) is 12.1 Å². The number of primary sulfonamides is 1. The van der Waals surface area contributed by atoms with Gasteiger partial charge in [-0.15, -0.1) is 0 Å². The molecule has 94 valence electrons. The van der Waals surface area contributed by atoms with Crippen LogP contribution in [0.4, 0.5) is 11.4 Å². The van der Waals surface area contributed by atoms with Crippen LogP contribution in [0.2, 0.25) is 0 Å². The van der Waals surface area contributed by atoms with Crippen LogP contribution in [0.1, 0.15) is 0 Å². The Balaban J connectivity index is 3.20. The number of hydrogen-bond acceptors (Lipinski definition) is 6. The monoisotopic (exact) mass is 265 g/mol. The Bertz CT molecular complexity index is 611. The number of nitrogens with zero attached hydrogens (tertiary/aromatic N) is 3. The summed E-state index contributed by atoms with van der Waals surface area (Å²) < 4.78 is 22.2. The Morgan fingerprint density at radius 3 is 2.17 bits per heavy atom. The zero-order chi connectivity index (χ0) is 13.8. The quantitative estimate of drug-likeness (QED) is 0.569. The largest absolute Gasteiger partial charge is 0.397 e. The van der Waals surface area contributed by atoms with Crippen molar-refractivity contribution in [2.75, 3.05) is 23.7 Å². The van der Waals surface area contributed by atoms with Gasteiger partial charge < -0.3 is 10.6 Å². The van der Waals surface area contributed by atoms with Crippen LogP contribution in [-0.4, -0.2) is 21.5 Å². The molecule has 0 aliphatic carbocycles. The Morgan fingerprint density at radius 1 is 1.22 bits per heavy atom. The molecule has 1 aromatic rings. The normalized spacial score (nSPS) is 10.4. The molecule has 0 bridgehead atoms. The van der Waals surface area contributed by atoms with Crippen LogP contribution in [0.15, 0.2) is 23.1 Å². The summed E-state index contributed by atoms with van der Waals surface area (Å²) in [4.78, 5) is 1.32. The highest BCUT2D eigenvalue weighted by molar-refractivity contribution is 7.89. The van der Waals surface area contributed by atoms with Gasteiger partial charge in [-0.2, -0.15) is 10.5 Å². The lowest BCUT2D eigenvalue weighted by atomic mass is 10.2. The van der Waals surface area contributed by atoms with Crippen LogP contribution in [0.5, 0.6) is 0 Å². The van der Waals surface area contributed by atoms with Crippen molar-refractivity contribution in [2.24, 2.45) is 5.14 Å². The first-order valence-electron chi connectivity index (χ1n) is 4.81. The van der Waals surface area contributed by atoms with Crippen molar-refractivity contribution in [2.45, 2.75) is 4.90 Å². The summed E-state index contributed by atoms with van der Waals surface area (Å²) in [7, 11) is -3.82. The molecule has 1 rings (SSSR count). The van der Waals surface area contributed by atoms with Gasteiger partial charge in [0.2, 0.25) is 10.0 Å². The Labute approximate surface area is 105 Å². The van der Waals surface area contributed by atoms with Crippen LogP contribution in [0.3, 0.4) is 0 Å². The third-order valence-electron chi connectivity index (χ3n) is 2.19. The highest BCUT2D eigenvalue weighted by atomic mass is 32.2. The molecule has 0 saturated carbocycles. The fraction of sp³-hybridized carbons (Fsp3) is 0.200. The van der Waals surface area contributed by atoms with Crippen molar-refractivity contribution < 1.29 is 8.42 Å². The summed E-state index contributed by atoms with van der Waals surface area (Å²) in [6.45, 7) is -0.0427. The van der Waals surface area contributed by atoms with Gasteiger partial charge in [-0.25, -0.2) is 13.6 Å². The maximum atomic E-state index is 11.1. The molecule has 0 unspecified atom stereocenters. The standard InChI is InChI=1S/C10H11N5O2S/c11-3-5-15(6-4-12)10-2-1-8(7-9(10)13)18(14,16)17/h1-2,7H,5-6,13H2,(H2,14,16,17). The molecule has 4 N–H and O–H groups in total. The number of nitrogens with two attached hydrogens (primary N) is 2. The molecule has 0 radical (unpaired) electrons.